The first-order valence-electron chi connectivity index (χ1n) is 5.76. The molecular weight excluding hydrogens is 222 g/mol. The third-order valence-corrected chi connectivity index (χ3v) is 3.53. The summed E-state index contributed by atoms with van der Waals surface area (Å²) in [6.07, 6.45) is 1.13. The summed E-state index contributed by atoms with van der Waals surface area (Å²) >= 11 is 1.74. The van der Waals surface area contributed by atoms with Crippen LogP contribution in [0.15, 0.2) is 5.38 Å². The summed E-state index contributed by atoms with van der Waals surface area (Å²) in [5, 5.41) is 6.46. The van der Waals surface area contributed by atoms with Gasteiger partial charge in [-0.2, -0.15) is 0 Å². The van der Waals surface area contributed by atoms with Crippen molar-refractivity contribution in [3.8, 4) is 0 Å². The van der Waals surface area contributed by atoms with Crippen LogP contribution in [0, 0.1) is 0 Å². The van der Waals surface area contributed by atoms with Gasteiger partial charge in [0.25, 0.3) is 0 Å². The second kappa shape index (κ2) is 6.30. The Kier molecular flexibility index (Phi) is 4.71. The number of nitrogens with zero attached hydrogens (tertiary/aromatic N) is 2. The number of ether oxygens (including phenoxy) is 1. The van der Waals surface area contributed by atoms with Gasteiger partial charge in [0.2, 0.25) is 0 Å². The second-order valence-corrected chi connectivity index (χ2v) is 4.95. The van der Waals surface area contributed by atoms with Crippen LogP contribution in [0.25, 0.3) is 0 Å². The topological polar surface area (TPSA) is 37.4 Å². The van der Waals surface area contributed by atoms with Crippen molar-refractivity contribution in [1.82, 2.24) is 15.2 Å². The lowest BCUT2D eigenvalue weighted by molar-refractivity contribution is 0.140. The first kappa shape index (κ1) is 12.0. The summed E-state index contributed by atoms with van der Waals surface area (Å²) in [6.45, 7) is 5.74. The smallest absolute Gasteiger partial charge is 0.107 e. The van der Waals surface area contributed by atoms with Gasteiger partial charge in [-0.1, -0.05) is 0 Å². The molecule has 90 valence electrons. The van der Waals surface area contributed by atoms with Crippen LogP contribution in [0.4, 0.5) is 0 Å². The lowest BCUT2D eigenvalue weighted by atomic mass is 10.3. The maximum atomic E-state index is 5.44. The highest BCUT2D eigenvalue weighted by molar-refractivity contribution is 7.09. The van der Waals surface area contributed by atoms with Crippen molar-refractivity contribution in [2.24, 2.45) is 0 Å². The van der Waals surface area contributed by atoms with Crippen LogP contribution >= 0.6 is 11.3 Å². The van der Waals surface area contributed by atoms with E-state index in [1.54, 1.807) is 11.3 Å². The minimum atomic E-state index is 0.855. The molecule has 2 heterocycles. The summed E-state index contributed by atoms with van der Waals surface area (Å²) in [7, 11) is 1.95. The van der Waals surface area contributed by atoms with E-state index >= 15 is 0 Å². The second-order valence-electron chi connectivity index (χ2n) is 4.00. The third kappa shape index (κ3) is 3.52. The van der Waals surface area contributed by atoms with E-state index in [9.17, 15) is 0 Å². The van der Waals surface area contributed by atoms with E-state index in [0.29, 0.717) is 0 Å². The van der Waals surface area contributed by atoms with E-state index in [1.165, 1.54) is 10.7 Å². The standard InChI is InChI=1S/C11H19N3OS/c1-12-7-11-13-10(9-16-11)8-14-3-2-5-15-6-4-14/h9,12H,2-8H2,1H3. The maximum Gasteiger partial charge on any atom is 0.107 e. The zero-order valence-electron chi connectivity index (χ0n) is 9.74. The van der Waals surface area contributed by atoms with Gasteiger partial charge >= 0.3 is 0 Å². The zero-order valence-corrected chi connectivity index (χ0v) is 10.6. The highest BCUT2D eigenvalue weighted by Gasteiger charge is 2.11. The summed E-state index contributed by atoms with van der Waals surface area (Å²) < 4.78 is 5.44. The van der Waals surface area contributed by atoms with Crippen LogP contribution in [-0.2, 0) is 17.8 Å². The van der Waals surface area contributed by atoms with E-state index in [1.807, 2.05) is 7.05 Å². The van der Waals surface area contributed by atoms with E-state index in [0.717, 1.165) is 45.8 Å². The lowest BCUT2D eigenvalue weighted by Crippen LogP contribution is -2.26. The fraction of sp³-hybridized carbons (Fsp3) is 0.727. The largest absolute Gasteiger partial charge is 0.380 e. The molecule has 0 radical (unpaired) electrons. The van der Waals surface area contributed by atoms with E-state index in [4.69, 9.17) is 4.74 Å². The van der Waals surface area contributed by atoms with Crippen molar-refractivity contribution in [2.75, 3.05) is 33.4 Å². The normalized spacial score (nSPS) is 18.6. The molecule has 0 atom stereocenters. The van der Waals surface area contributed by atoms with E-state index in [-0.39, 0.29) is 0 Å². The van der Waals surface area contributed by atoms with Gasteiger partial charge in [-0.3, -0.25) is 4.90 Å². The average Bonchev–Trinajstić information content (AvgIpc) is 2.56. The number of nitrogens with one attached hydrogen (secondary N) is 1. The molecule has 1 aliphatic heterocycles. The molecule has 4 nitrogen and oxygen atoms in total. The Morgan fingerprint density at radius 1 is 1.50 bits per heavy atom. The molecule has 16 heavy (non-hydrogen) atoms. The van der Waals surface area contributed by atoms with Gasteiger partial charge in [0.05, 0.1) is 12.3 Å². The number of rotatable bonds is 4. The van der Waals surface area contributed by atoms with Gasteiger partial charge in [0, 0.05) is 38.2 Å². The first-order valence-corrected chi connectivity index (χ1v) is 6.64. The molecule has 0 aromatic carbocycles. The molecule has 1 N–H and O–H groups in total. The fourth-order valence-corrected chi connectivity index (χ4v) is 2.64. The summed E-state index contributed by atoms with van der Waals surface area (Å²) in [5.74, 6) is 0. The van der Waals surface area contributed by atoms with Crippen LogP contribution in [0.5, 0.6) is 0 Å². The lowest BCUT2D eigenvalue weighted by Gasteiger charge is -2.17. The Morgan fingerprint density at radius 3 is 3.31 bits per heavy atom. The minimum absolute atomic E-state index is 0.855. The Hall–Kier alpha value is -0.490. The molecule has 0 aliphatic carbocycles. The Balaban J connectivity index is 1.86. The molecule has 0 amide bonds. The molecular formula is C11H19N3OS. The van der Waals surface area contributed by atoms with Gasteiger partial charge < -0.3 is 10.1 Å². The fourth-order valence-electron chi connectivity index (χ4n) is 1.84. The molecule has 0 unspecified atom stereocenters. The van der Waals surface area contributed by atoms with E-state index in [2.05, 4.69) is 20.6 Å². The summed E-state index contributed by atoms with van der Waals surface area (Å²) in [6, 6.07) is 0. The predicted octanol–water partition coefficient (Wildman–Crippen LogP) is 1.08. The van der Waals surface area contributed by atoms with Crippen molar-refractivity contribution >= 4 is 11.3 Å². The third-order valence-electron chi connectivity index (χ3n) is 2.63. The molecule has 0 bridgehead atoms. The van der Waals surface area contributed by atoms with Crippen LogP contribution in [0.3, 0.4) is 0 Å². The SMILES string of the molecule is CNCc1nc(CN2CCCOCC2)cs1. The van der Waals surface area contributed by atoms with Crippen LogP contribution in [0.2, 0.25) is 0 Å². The Bertz CT molecular complexity index is 308. The monoisotopic (exact) mass is 241 g/mol. The van der Waals surface area contributed by atoms with Crippen LogP contribution in [0.1, 0.15) is 17.1 Å². The molecule has 2 rings (SSSR count). The molecule has 0 saturated carbocycles. The zero-order chi connectivity index (χ0) is 11.2. The molecule has 1 fully saturated rings. The van der Waals surface area contributed by atoms with Gasteiger partial charge in [-0.25, -0.2) is 4.98 Å². The first-order chi connectivity index (χ1) is 7.88. The Morgan fingerprint density at radius 2 is 2.44 bits per heavy atom. The van der Waals surface area contributed by atoms with Crippen molar-refractivity contribution < 1.29 is 4.74 Å². The van der Waals surface area contributed by atoms with Gasteiger partial charge in [-0.15, -0.1) is 11.3 Å². The van der Waals surface area contributed by atoms with Gasteiger partial charge in [0.1, 0.15) is 5.01 Å². The average molecular weight is 241 g/mol. The van der Waals surface area contributed by atoms with Crippen molar-refractivity contribution in [2.45, 2.75) is 19.5 Å². The number of hydrogen-bond acceptors (Lipinski definition) is 5. The number of hydrogen-bond donors (Lipinski definition) is 1. The maximum absolute atomic E-state index is 5.44. The Labute approximate surface area is 101 Å². The summed E-state index contributed by atoms with van der Waals surface area (Å²) in [4.78, 5) is 7.02. The van der Waals surface area contributed by atoms with Gasteiger partial charge in [0.15, 0.2) is 0 Å². The number of aromatic nitrogens is 1. The highest BCUT2D eigenvalue weighted by atomic mass is 32.1. The highest BCUT2D eigenvalue weighted by Crippen LogP contribution is 2.12. The molecule has 5 heteroatoms. The summed E-state index contributed by atoms with van der Waals surface area (Å²) in [5.41, 5.74) is 1.19. The van der Waals surface area contributed by atoms with Crippen molar-refractivity contribution in [3.05, 3.63) is 16.1 Å². The van der Waals surface area contributed by atoms with Gasteiger partial charge in [-0.05, 0) is 13.5 Å². The molecule has 1 aromatic rings. The molecule has 0 spiro atoms. The molecule has 1 aromatic heterocycles. The van der Waals surface area contributed by atoms with Crippen LogP contribution < -0.4 is 5.32 Å². The molecule has 1 aliphatic rings. The number of thiazole rings is 1. The van der Waals surface area contributed by atoms with Crippen molar-refractivity contribution in [1.29, 1.82) is 0 Å². The quantitative estimate of drug-likeness (QED) is 0.856. The van der Waals surface area contributed by atoms with Crippen molar-refractivity contribution in [3.63, 3.8) is 0 Å². The minimum Gasteiger partial charge on any atom is -0.380 e. The molecule has 1 saturated heterocycles. The predicted molar refractivity (Wildman–Crippen MR) is 65.6 cm³/mol. The van der Waals surface area contributed by atoms with Crippen LogP contribution in [-0.4, -0.2) is 43.2 Å². The van der Waals surface area contributed by atoms with E-state index < -0.39 is 0 Å².